The Morgan fingerprint density at radius 1 is 0.870 bits per heavy atom. The van der Waals surface area contributed by atoms with Gasteiger partial charge in [0.2, 0.25) is 0 Å². The summed E-state index contributed by atoms with van der Waals surface area (Å²) in [5.74, 6) is 1.72. The number of rotatable bonds is 3. The minimum absolute atomic E-state index is 0.715. The van der Waals surface area contributed by atoms with Crippen LogP contribution >= 0.6 is 0 Å². The van der Waals surface area contributed by atoms with Crippen molar-refractivity contribution in [3.8, 4) is 17.1 Å². The second-order valence-electron chi connectivity index (χ2n) is 6.55. The predicted octanol–water partition coefficient (Wildman–Crippen LogP) is 5.42. The minimum Gasteiger partial charge on any atom is -0.303 e. The number of hydrogen-bond donors (Lipinski definition) is 0. The summed E-state index contributed by atoms with van der Waals surface area (Å²) in [6.45, 7) is 4.26. The summed E-state index contributed by atoms with van der Waals surface area (Å²) < 4.78 is 2.22. The summed E-state index contributed by atoms with van der Waals surface area (Å²) in [5.41, 5.74) is 6.28. The van der Waals surface area contributed by atoms with Gasteiger partial charge in [0, 0.05) is 17.0 Å². The normalized spacial score (nSPS) is 14.7. The van der Waals surface area contributed by atoms with Crippen molar-refractivity contribution in [2.45, 2.75) is 39.0 Å². The van der Waals surface area contributed by atoms with Crippen molar-refractivity contribution >= 4 is 0 Å². The topological polar surface area (TPSA) is 17.8 Å². The fraction of sp³-hybridized carbons (Fsp3) is 0.286. The first-order valence-electron chi connectivity index (χ1n) is 8.46. The number of pyridine rings is 1. The lowest BCUT2D eigenvalue weighted by Crippen LogP contribution is -2.10. The van der Waals surface area contributed by atoms with Gasteiger partial charge >= 0.3 is 0 Å². The number of aryl methyl sites for hydroxylation is 2. The molecule has 23 heavy (non-hydrogen) atoms. The largest absolute Gasteiger partial charge is 0.303 e. The highest BCUT2D eigenvalue weighted by Gasteiger charge is 2.22. The molecule has 2 aromatic heterocycles. The Balaban J connectivity index is 1.81. The van der Waals surface area contributed by atoms with Crippen molar-refractivity contribution in [3.63, 3.8) is 0 Å². The lowest BCUT2D eigenvalue weighted by Gasteiger charge is -2.27. The van der Waals surface area contributed by atoms with Crippen molar-refractivity contribution in [2.75, 3.05) is 0 Å². The molecule has 0 bridgehead atoms. The van der Waals surface area contributed by atoms with Crippen LogP contribution in [0.3, 0.4) is 0 Å². The van der Waals surface area contributed by atoms with Gasteiger partial charge in [-0.1, -0.05) is 36.8 Å². The van der Waals surface area contributed by atoms with Crippen LogP contribution in [0.25, 0.3) is 17.1 Å². The molecule has 2 heteroatoms. The maximum absolute atomic E-state index is 4.97. The van der Waals surface area contributed by atoms with Crippen LogP contribution in [-0.2, 0) is 0 Å². The molecule has 2 nitrogen and oxygen atoms in total. The molecule has 2 heterocycles. The standard InChI is InChI=1S/C21H22N2/c1-15-13-14-16(2)23(15)21-12-6-11-20(22-21)19-10-4-3-9-18(19)17-7-5-8-17/h3-4,6,9-14,17H,5,7-8H2,1-2H3. The molecule has 0 saturated heterocycles. The van der Waals surface area contributed by atoms with Crippen molar-refractivity contribution in [2.24, 2.45) is 0 Å². The Kier molecular flexibility index (Phi) is 3.53. The van der Waals surface area contributed by atoms with E-state index in [-0.39, 0.29) is 0 Å². The summed E-state index contributed by atoms with van der Waals surface area (Å²) in [4.78, 5) is 4.97. The molecule has 1 fully saturated rings. The maximum atomic E-state index is 4.97. The average Bonchev–Trinajstić information content (AvgIpc) is 2.85. The van der Waals surface area contributed by atoms with Crippen molar-refractivity contribution in [1.82, 2.24) is 9.55 Å². The van der Waals surface area contributed by atoms with E-state index < -0.39 is 0 Å². The van der Waals surface area contributed by atoms with Crippen LogP contribution in [0.2, 0.25) is 0 Å². The quantitative estimate of drug-likeness (QED) is 0.631. The van der Waals surface area contributed by atoms with E-state index in [1.165, 1.54) is 41.8 Å². The lowest BCUT2D eigenvalue weighted by molar-refractivity contribution is 0.420. The zero-order valence-corrected chi connectivity index (χ0v) is 13.8. The van der Waals surface area contributed by atoms with Crippen molar-refractivity contribution in [1.29, 1.82) is 0 Å². The molecule has 116 valence electrons. The van der Waals surface area contributed by atoms with Crippen molar-refractivity contribution in [3.05, 3.63) is 71.5 Å². The third-order valence-electron chi connectivity index (χ3n) is 5.02. The highest BCUT2D eigenvalue weighted by molar-refractivity contribution is 5.65. The summed E-state index contributed by atoms with van der Waals surface area (Å²) >= 11 is 0. The molecule has 1 aromatic carbocycles. The van der Waals surface area contributed by atoms with Gasteiger partial charge in [0.1, 0.15) is 5.82 Å². The van der Waals surface area contributed by atoms with Crippen molar-refractivity contribution < 1.29 is 0 Å². The van der Waals surface area contributed by atoms with Gasteiger partial charge in [0.15, 0.2) is 0 Å². The zero-order valence-electron chi connectivity index (χ0n) is 13.8. The molecular formula is C21H22N2. The summed E-state index contributed by atoms with van der Waals surface area (Å²) in [5, 5.41) is 0. The molecule has 0 spiro atoms. The Bertz CT molecular complexity index is 821. The highest BCUT2D eigenvalue weighted by atomic mass is 15.1. The Labute approximate surface area is 137 Å². The van der Waals surface area contributed by atoms with E-state index in [9.17, 15) is 0 Å². The number of hydrogen-bond acceptors (Lipinski definition) is 1. The van der Waals surface area contributed by atoms with E-state index in [0.717, 1.165) is 11.5 Å². The van der Waals surface area contributed by atoms with Crippen LogP contribution in [0.1, 0.15) is 42.1 Å². The minimum atomic E-state index is 0.715. The smallest absolute Gasteiger partial charge is 0.137 e. The molecule has 0 aliphatic heterocycles. The van der Waals surface area contributed by atoms with Gasteiger partial charge in [0.05, 0.1) is 5.69 Å². The number of nitrogens with zero attached hydrogens (tertiary/aromatic N) is 2. The average molecular weight is 302 g/mol. The second-order valence-corrected chi connectivity index (χ2v) is 6.55. The van der Waals surface area contributed by atoms with Crippen LogP contribution in [0.5, 0.6) is 0 Å². The molecule has 1 aliphatic carbocycles. The van der Waals surface area contributed by atoms with Gasteiger partial charge in [0.25, 0.3) is 0 Å². The van der Waals surface area contributed by atoms with Crippen LogP contribution in [0.15, 0.2) is 54.6 Å². The molecule has 0 unspecified atom stereocenters. The van der Waals surface area contributed by atoms with Crippen LogP contribution in [-0.4, -0.2) is 9.55 Å². The van der Waals surface area contributed by atoms with E-state index in [1.807, 2.05) is 0 Å². The van der Waals surface area contributed by atoms with E-state index in [2.05, 4.69) is 73.0 Å². The highest BCUT2D eigenvalue weighted by Crippen LogP contribution is 2.40. The Morgan fingerprint density at radius 3 is 2.30 bits per heavy atom. The van der Waals surface area contributed by atoms with Gasteiger partial charge in [-0.15, -0.1) is 0 Å². The first-order valence-corrected chi connectivity index (χ1v) is 8.46. The van der Waals surface area contributed by atoms with Gasteiger partial charge in [-0.05, 0) is 62.4 Å². The zero-order chi connectivity index (χ0) is 15.8. The predicted molar refractivity (Wildman–Crippen MR) is 95.1 cm³/mol. The summed E-state index contributed by atoms with van der Waals surface area (Å²) in [6, 6.07) is 19.4. The molecule has 1 saturated carbocycles. The molecule has 1 aliphatic rings. The van der Waals surface area contributed by atoms with Gasteiger partial charge in [-0.3, -0.25) is 0 Å². The first-order chi connectivity index (χ1) is 11.2. The molecule has 0 N–H and O–H groups in total. The Hall–Kier alpha value is -2.35. The molecule has 4 rings (SSSR count). The molecule has 0 atom stereocenters. The molecule has 0 amide bonds. The number of benzene rings is 1. The fourth-order valence-electron chi connectivity index (χ4n) is 3.53. The van der Waals surface area contributed by atoms with Crippen LogP contribution in [0, 0.1) is 13.8 Å². The van der Waals surface area contributed by atoms with Gasteiger partial charge in [-0.2, -0.15) is 0 Å². The van der Waals surface area contributed by atoms with E-state index in [0.29, 0.717) is 5.92 Å². The molecular weight excluding hydrogens is 280 g/mol. The van der Waals surface area contributed by atoms with E-state index in [4.69, 9.17) is 4.98 Å². The molecule has 3 aromatic rings. The SMILES string of the molecule is Cc1ccc(C)n1-c1cccc(-c2ccccc2C2CCC2)n1. The van der Waals surface area contributed by atoms with Crippen LogP contribution < -0.4 is 0 Å². The maximum Gasteiger partial charge on any atom is 0.137 e. The van der Waals surface area contributed by atoms with Gasteiger partial charge < -0.3 is 4.57 Å². The number of aromatic nitrogens is 2. The van der Waals surface area contributed by atoms with E-state index >= 15 is 0 Å². The fourth-order valence-corrected chi connectivity index (χ4v) is 3.53. The summed E-state index contributed by atoms with van der Waals surface area (Å²) in [6.07, 6.45) is 3.98. The van der Waals surface area contributed by atoms with Crippen LogP contribution in [0.4, 0.5) is 0 Å². The second kappa shape index (κ2) is 5.69. The third kappa shape index (κ3) is 2.48. The first kappa shape index (κ1) is 14.3. The third-order valence-corrected chi connectivity index (χ3v) is 5.02. The van der Waals surface area contributed by atoms with E-state index in [1.54, 1.807) is 0 Å². The summed E-state index contributed by atoms with van der Waals surface area (Å²) in [7, 11) is 0. The van der Waals surface area contributed by atoms with Gasteiger partial charge in [-0.25, -0.2) is 4.98 Å². The molecule has 0 radical (unpaired) electrons. The Morgan fingerprint density at radius 2 is 1.61 bits per heavy atom. The lowest BCUT2D eigenvalue weighted by atomic mass is 9.78. The monoisotopic (exact) mass is 302 g/mol.